The molecule has 1 saturated heterocycles. The molecule has 1 aliphatic heterocycles. The van der Waals surface area contributed by atoms with Crippen LogP contribution in [0.25, 0.3) is 0 Å². The monoisotopic (exact) mass is 222 g/mol. The Kier molecular flexibility index (Phi) is 2.74. The second-order valence-corrected chi connectivity index (χ2v) is 4.09. The van der Waals surface area contributed by atoms with E-state index in [2.05, 4.69) is 14.9 Å². The lowest BCUT2D eigenvalue weighted by molar-refractivity contribution is 0.0690. The number of anilines is 1. The second kappa shape index (κ2) is 4.05. The topological polar surface area (TPSA) is 69.6 Å². The lowest BCUT2D eigenvalue weighted by Crippen LogP contribution is -2.57. The molecule has 2 rings (SSSR count). The van der Waals surface area contributed by atoms with Crippen LogP contribution in [0.15, 0.2) is 12.4 Å². The first-order valence-corrected chi connectivity index (χ1v) is 5.04. The van der Waals surface area contributed by atoms with Gasteiger partial charge in [0.25, 0.3) is 0 Å². The Balaban J connectivity index is 2.06. The number of carbonyl (C=O) groups is 1. The number of hydrogen-bond donors (Lipinski definition) is 1. The maximum Gasteiger partial charge on any atom is 0.356 e. The number of carboxylic acid groups (broad SMARTS) is 1. The van der Waals surface area contributed by atoms with Crippen molar-refractivity contribution in [3.05, 3.63) is 18.1 Å². The Bertz CT molecular complexity index is 402. The average Bonchev–Trinajstić information content (AvgIpc) is 2.15. The van der Waals surface area contributed by atoms with Crippen molar-refractivity contribution in [2.24, 2.45) is 0 Å². The normalized spacial score (nSPS) is 16.3. The quantitative estimate of drug-likeness (QED) is 0.771. The van der Waals surface area contributed by atoms with Crippen molar-refractivity contribution in [3.8, 4) is 0 Å². The van der Waals surface area contributed by atoms with E-state index in [4.69, 9.17) is 5.11 Å². The van der Waals surface area contributed by atoms with Gasteiger partial charge in [-0.2, -0.15) is 0 Å². The van der Waals surface area contributed by atoms with Gasteiger partial charge in [0, 0.05) is 19.1 Å². The predicted octanol–water partition coefficient (Wildman–Crippen LogP) is -0.0750. The minimum Gasteiger partial charge on any atom is -0.476 e. The fourth-order valence-corrected chi connectivity index (χ4v) is 1.58. The maximum absolute atomic E-state index is 10.7. The molecular formula is C10H14N4O2. The lowest BCUT2D eigenvalue weighted by atomic mass is 10.1. The van der Waals surface area contributed by atoms with Gasteiger partial charge in [0.05, 0.1) is 12.4 Å². The van der Waals surface area contributed by atoms with E-state index in [1.54, 1.807) is 6.20 Å². The molecule has 0 amide bonds. The standard InChI is InChI=1S/C10H14N4O2/c1-13(2)7-5-14(6-7)9-4-11-3-8(12-9)10(15)16/h3-4,7H,5-6H2,1-2H3,(H,15,16). The number of hydrogen-bond acceptors (Lipinski definition) is 5. The summed E-state index contributed by atoms with van der Waals surface area (Å²) in [7, 11) is 4.06. The molecule has 0 spiro atoms. The highest BCUT2D eigenvalue weighted by Crippen LogP contribution is 2.19. The average molecular weight is 222 g/mol. The Morgan fingerprint density at radius 3 is 2.75 bits per heavy atom. The van der Waals surface area contributed by atoms with Crippen molar-refractivity contribution >= 4 is 11.8 Å². The van der Waals surface area contributed by atoms with E-state index in [1.807, 2.05) is 19.0 Å². The molecule has 0 unspecified atom stereocenters. The van der Waals surface area contributed by atoms with Crippen LogP contribution in [0.5, 0.6) is 0 Å². The molecule has 0 aliphatic carbocycles. The lowest BCUT2D eigenvalue weighted by Gasteiger charge is -2.43. The fraction of sp³-hybridized carbons (Fsp3) is 0.500. The highest BCUT2D eigenvalue weighted by atomic mass is 16.4. The molecule has 0 bridgehead atoms. The van der Waals surface area contributed by atoms with Crippen LogP contribution in [0, 0.1) is 0 Å². The SMILES string of the molecule is CN(C)C1CN(c2cncc(C(=O)O)n2)C1. The van der Waals surface area contributed by atoms with Crippen molar-refractivity contribution in [1.29, 1.82) is 0 Å². The van der Waals surface area contributed by atoms with Crippen LogP contribution in [-0.4, -0.2) is 59.2 Å². The van der Waals surface area contributed by atoms with Gasteiger partial charge in [0.15, 0.2) is 5.69 Å². The van der Waals surface area contributed by atoms with Gasteiger partial charge in [-0.3, -0.25) is 4.98 Å². The van der Waals surface area contributed by atoms with E-state index in [0.29, 0.717) is 11.9 Å². The molecule has 1 aromatic heterocycles. The van der Waals surface area contributed by atoms with Crippen LogP contribution < -0.4 is 4.90 Å². The van der Waals surface area contributed by atoms with E-state index in [-0.39, 0.29) is 5.69 Å². The van der Waals surface area contributed by atoms with Crippen molar-refractivity contribution in [1.82, 2.24) is 14.9 Å². The van der Waals surface area contributed by atoms with E-state index in [0.717, 1.165) is 13.1 Å². The molecule has 0 aromatic carbocycles. The maximum atomic E-state index is 10.7. The van der Waals surface area contributed by atoms with Crippen molar-refractivity contribution in [3.63, 3.8) is 0 Å². The summed E-state index contributed by atoms with van der Waals surface area (Å²) in [6.07, 6.45) is 2.85. The molecule has 1 N–H and O–H groups in total. The molecule has 6 nitrogen and oxygen atoms in total. The zero-order chi connectivity index (χ0) is 11.7. The smallest absolute Gasteiger partial charge is 0.356 e. The van der Waals surface area contributed by atoms with Crippen LogP contribution in [0.3, 0.4) is 0 Å². The minimum absolute atomic E-state index is 0.00852. The molecule has 1 fully saturated rings. The van der Waals surface area contributed by atoms with Crippen LogP contribution in [0.1, 0.15) is 10.5 Å². The van der Waals surface area contributed by atoms with Gasteiger partial charge in [-0.15, -0.1) is 0 Å². The van der Waals surface area contributed by atoms with E-state index in [1.165, 1.54) is 6.20 Å². The van der Waals surface area contributed by atoms with E-state index < -0.39 is 5.97 Å². The van der Waals surface area contributed by atoms with Gasteiger partial charge < -0.3 is 14.9 Å². The third kappa shape index (κ3) is 1.96. The second-order valence-electron chi connectivity index (χ2n) is 4.09. The highest BCUT2D eigenvalue weighted by Gasteiger charge is 2.29. The number of rotatable bonds is 3. The van der Waals surface area contributed by atoms with Crippen LogP contribution >= 0.6 is 0 Å². The number of aromatic nitrogens is 2. The van der Waals surface area contributed by atoms with Gasteiger partial charge in [0.1, 0.15) is 5.82 Å². The first-order valence-electron chi connectivity index (χ1n) is 5.04. The highest BCUT2D eigenvalue weighted by molar-refractivity contribution is 5.85. The molecule has 16 heavy (non-hydrogen) atoms. The third-order valence-electron chi connectivity index (χ3n) is 2.76. The molecule has 0 atom stereocenters. The van der Waals surface area contributed by atoms with E-state index in [9.17, 15) is 4.79 Å². The minimum atomic E-state index is -1.04. The third-order valence-corrected chi connectivity index (χ3v) is 2.76. The largest absolute Gasteiger partial charge is 0.476 e. The van der Waals surface area contributed by atoms with Crippen molar-refractivity contribution in [2.75, 3.05) is 32.1 Å². The molecule has 86 valence electrons. The molecule has 0 radical (unpaired) electrons. The zero-order valence-electron chi connectivity index (χ0n) is 9.29. The Morgan fingerprint density at radius 1 is 1.50 bits per heavy atom. The first-order chi connectivity index (χ1) is 7.58. The molecule has 1 aromatic rings. The van der Waals surface area contributed by atoms with Gasteiger partial charge >= 0.3 is 5.97 Å². The van der Waals surface area contributed by atoms with Gasteiger partial charge in [-0.25, -0.2) is 9.78 Å². The summed E-state index contributed by atoms with van der Waals surface area (Å²) in [5.41, 5.74) is -0.00852. The van der Waals surface area contributed by atoms with Crippen LogP contribution in [0.2, 0.25) is 0 Å². The molecule has 6 heteroatoms. The fourth-order valence-electron chi connectivity index (χ4n) is 1.58. The Labute approximate surface area is 93.5 Å². The number of likely N-dealkylation sites (N-methyl/N-ethyl adjacent to an activating group) is 1. The summed E-state index contributed by atoms with van der Waals surface area (Å²) in [5.74, 6) is -0.406. The summed E-state index contributed by atoms with van der Waals surface area (Å²) in [6.45, 7) is 1.73. The van der Waals surface area contributed by atoms with Gasteiger partial charge in [-0.1, -0.05) is 0 Å². The number of nitrogens with zero attached hydrogens (tertiary/aromatic N) is 4. The van der Waals surface area contributed by atoms with Crippen LogP contribution in [-0.2, 0) is 0 Å². The van der Waals surface area contributed by atoms with Gasteiger partial charge in [0.2, 0.25) is 0 Å². The Hall–Kier alpha value is -1.69. The molecule has 0 saturated carbocycles. The molecular weight excluding hydrogens is 208 g/mol. The van der Waals surface area contributed by atoms with Gasteiger partial charge in [-0.05, 0) is 14.1 Å². The van der Waals surface area contributed by atoms with Crippen LogP contribution in [0.4, 0.5) is 5.82 Å². The summed E-state index contributed by atoms with van der Waals surface area (Å²) in [4.78, 5) is 22.8. The van der Waals surface area contributed by atoms with Crippen molar-refractivity contribution in [2.45, 2.75) is 6.04 Å². The Morgan fingerprint density at radius 2 is 2.19 bits per heavy atom. The summed E-state index contributed by atoms with van der Waals surface area (Å²) >= 11 is 0. The van der Waals surface area contributed by atoms with Crippen molar-refractivity contribution < 1.29 is 9.90 Å². The predicted molar refractivity (Wildman–Crippen MR) is 58.7 cm³/mol. The summed E-state index contributed by atoms with van der Waals surface area (Å²) < 4.78 is 0. The van der Waals surface area contributed by atoms with E-state index >= 15 is 0 Å². The summed E-state index contributed by atoms with van der Waals surface area (Å²) in [6, 6.07) is 0.510. The number of carboxylic acids is 1. The zero-order valence-corrected chi connectivity index (χ0v) is 9.29. The molecule has 1 aliphatic rings. The number of aromatic carboxylic acids is 1. The molecule has 2 heterocycles. The first kappa shape index (κ1) is 10.8. The summed E-state index contributed by atoms with van der Waals surface area (Å²) in [5, 5.41) is 8.79.